The molecule has 126 valence electrons. The molecular weight excluding hydrogens is 312 g/mol. The van der Waals surface area contributed by atoms with Gasteiger partial charge in [-0.25, -0.2) is 0 Å². The van der Waals surface area contributed by atoms with E-state index in [0.29, 0.717) is 6.42 Å². The Kier molecular flexibility index (Phi) is 5.78. The summed E-state index contributed by atoms with van der Waals surface area (Å²) in [5.74, 6) is -0.223. The van der Waals surface area contributed by atoms with Crippen LogP contribution in [0, 0.1) is 0 Å². The molecule has 2 aromatic carbocycles. The molecule has 0 unspecified atom stereocenters. The molecule has 0 fully saturated rings. The van der Waals surface area contributed by atoms with Gasteiger partial charge in [0.05, 0.1) is 14.3 Å². The second-order valence-corrected chi connectivity index (χ2v) is 12.4. The minimum Gasteiger partial charge on any atom is -0.435 e. The number of ether oxygens (including phenoxy) is 1. The fraction of sp³-hybridized carbons (Fsp3) is 0.286. The Bertz CT molecular complexity index is 632. The first-order valence-electron chi connectivity index (χ1n) is 8.33. The van der Waals surface area contributed by atoms with Crippen LogP contribution in [0.4, 0.5) is 0 Å². The molecule has 0 atom stereocenters. The van der Waals surface area contributed by atoms with Crippen molar-refractivity contribution in [2.24, 2.45) is 0 Å². The van der Waals surface area contributed by atoms with E-state index in [2.05, 4.69) is 74.8 Å². The van der Waals surface area contributed by atoms with E-state index in [-0.39, 0.29) is 11.0 Å². The van der Waals surface area contributed by atoms with Crippen LogP contribution in [0.15, 0.2) is 73.5 Å². The summed E-state index contributed by atoms with van der Waals surface area (Å²) >= 11 is 0. The topological polar surface area (TPSA) is 26.3 Å². The predicted molar refractivity (Wildman–Crippen MR) is 103 cm³/mol. The van der Waals surface area contributed by atoms with Crippen molar-refractivity contribution in [3.05, 3.63) is 84.6 Å². The number of hydrogen-bond acceptors (Lipinski definition) is 2. The van der Waals surface area contributed by atoms with Crippen LogP contribution in [0.25, 0.3) is 0 Å². The van der Waals surface area contributed by atoms with Gasteiger partial charge in [0.1, 0.15) is 0 Å². The van der Waals surface area contributed by atoms with Crippen LogP contribution < -0.4 is 0 Å². The molecular formula is C21H26O2Si. The van der Waals surface area contributed by atoms with Gasteiger partial charge in [-0.3, -0.25) is 4.79 Å². The van der Waals surface area contributed by atoms with Gasteiger partial charge in [0.2, 0.25) is 0 Å². The van der Waals surface area contributed by atoms with Crippen molar-refractivity contribution >= 4 is 14.0 Å². The summed E-state index contributed by atoms with van der Waals surface area (Å²) in [6.45, 7) is 10.6. The first-order chi connectivity index (χ1) is 11.4. The third-order valence-corrected chi connectivity index (χ3v) is 8.12. The zero-order valence-electron chi connectivity index (χ0n) is 14.8. The molecule has 2 nitrogen and oxygen atoms in total. The predicted octanol–water partition coefficient (Wildman–Crippen LogP) is 5.32. The average Bonchev–Trinajstić information content (AvgIpc) is 2.56. The van der Waals surface area contributed by atoms with Crippen molar-refractivity contribution in [2.45, 2.75) is 37.5 Å². The van der Waals surface area contributed by atoms with E-state index in [1.165, 1.54) is 17.4 Å². The number of hydrogen-bond donors (Lipinski definition) is 0. The minimum atomic E-state index is -1.74. The Morgan fingerprint density at radius 2 is 1.46 bits per heavy atom. The Morgan fingerprint density at radius 1 is 1.00 bits per heavy atom. The smallest absolute Gasteiger partial charge is 0.310 e. The second-order valence-electron chi connectivity index (χ2n) is 7.04. The summed E-state index contributed by atoms with van der Waals surface area (Å²) in [7, 11) is -1.74. The number of carbonyl (C=O) groups excluding carboxylic acids is 1. The van der Waals surface area contributed by atoms with Crippen LogP contribution in [0.5, 0.6) is 0 Å². The zero-order chi connectivity index (χ0) is 17.6. The maximum absolute atomic E-state index is 12.0. The minimum absolute atomic E-state index is 0.143. The van der Waals surface area contributed by atoms with Gasteiger partial charge in [-0.15, -0.1) is 0 Å². The SMILES string of the molecule is C=COC(=O)CCC(c1ccccc1)(c1ccccc1)[Si](C)(C)C. The van der Waals surface area contributed by atoms with E-state index in [1.54, 1.807) is 0 Å². The molecule has 0 amide bonds. The molecule has 2 aromatic rings. The van der Waals surface area contributed by atoms with Gasteiger partial charge in [0.15, 0.2) is 0 Å². The zero-order valence-corrected chi connectivity index (χ0v) is 15.8. The molecule has 3 heteroatoms. The highest BCUT2D eigenvalue weighted by Crippen LogP contribution is 2.44. The molecule has 0 aromatic heterocycles. The van der Waals surface area contributed by atoms with E-state index >= 15 is 0 Å². The first kappa shape index (κ1) is 18.2. The monoisotopic (exact) mass is 338 g/mol. The Labute approximate surface area is 146 Å². The summed E-state index contributed by atoms with van der Waals surface area (Å²) in [5, 5.41) is -0.143. The van der Waals surface area contributed by atoms with Crippen molar-refractivity contribution in [1.82, 2.24) is 0 Å². The second kappa shape index (κ2) is 7.62. The van der Waals surface area contributed by atoms with E-state index in [1.807, 2.05) is 12.1 Å². The fourth-order valence-corrected chi connectivity index (χ4v) is 6.52. The van der Waals surface area contributed by atoms with Crippen molar-refractivity contribution < 1.29 is 9.53 Å². The van der Waals surface area contributed by atoms with Gasteiger partial charge in [0, 0.05) is 11.5 Å². The molecule has 0 spiro atoms. The van der Waals surface area contributed by atoms with Gasteiger partial charge in [0.25, 0.3) is 0 Å². The highest BCUT2D eigenvalue weighted by Gasteiger charge is 2.46. The Hall–Kier alpha value is -2.13. The molecule has 0 radical (unpaired) electrons. The van der Waals surface area contributed by atoms with Crippen LogP contribution in [-0.4, -0.2) is 14.0 Å². The molecule has 0 N–H and O–H groups in total. The molecule has 0 aliphatic rings. The number of esters is 1. The highest BCUT2D eigenvalue weighted by atomic mass is 28.3. The summed E-state index contributed by atoms with van der Waals surface area (Å²) in [6, 6.07) is 21.1. The molecule has 2 rings (SSSR count). The van der Waals surface area contributed by atoms with Gasteiger partial charge in [-0.05, 0) is 17.5 Å². The van der Waals surface area contributed by atoms with E-state index in [4.69, 9.17) is 4.74 Å². The molecule has 0 aliphatic heterocycles. The van der Waals surface area contributed by atoms with Gasteiger partial charge in [-0.1, -0.05) is 86.9 Å². The molecule has 0 heterocycles. The van der Waals surface area contributed by atoms with Crippen LogP contribution in [0.2, 0.25) is 19.6 Å². The average molecular weight is 339 g/mol. The summed E-state index contributed by atoms with van der Waals surface area (Å²) in [6.07, 6.45) is 2.33. The van der Waals surface area contributed by atoms with Crippen LogP contribution in [0.3, 0.4) is 0 Å². The maximum atomic E-state index is 12.0. The van der Waals surface area contributed by atoms with Crippen molar-refractivity contribution in [1.29, 1.82) is 0 Å². The standard InChI is InChI=1S/C21H26O2Si/c1-5-23-20(22)16-17-21(24(2,3)4,18-12-8-6-9-13-18)19-14-10-7-11-15-19/h5-15H,1,16-17H2,2-4H3. The van der Waals surface area contributed by atoms with Crippen LogP contribution in [0.1, 0.15) is 24.0 Å². The Balaban J connectivity index is 2.57. The molecule has 24 heavy (non-hydrogen) atoms. The van der Waals surface area contributed by atoms with E-state index in [0.717, 1.165) is 6.42 Å². The lowest BCUT2D eigenvalue weighted by Crippen LogP contribution is -2.50. The van der Waals surface area contributed by atoms with E-state index in [9.17, 15) is 4.79 Å². The quantitative estimate of drug-likeness (QED) is 0.388. The van der Waals surface area contributed by atoms with Crippen molar-refractivity contribution in [2.75, 3.05) is 0 Å². The van der Waals surface area contributed by atoms with Crippen molar-refractivity contribution in [3.8, 4) is 0 Å². The van der Waals surface area contributed by atoms with Crippen molar-refractivity contribution in [3.63, 3.8) is 0 Å². The largest absolute Gasteiger partial charge is 0.435 e. The summed E-state index contributed by atoms with van der Waals surface area (Å²) in [5.41, 5.74) is 2.56. The third kappa shape index (κ3) is 3.67. The maximum Gasteiger partial charge on any atom is 0.310 e. The lowest BCUT2D eigenvalue weighted by atomic mass is 9.86. The highest BCUT2D eigenvalue weighted by molar-refractivity contribution is 6.79. The van der Waals surface area contributed by atoms with Gasteiger partial charge >= 0.3 is 5.97 Å². The number of carbonyl (C=O) groups is 1. The summed E-state index contributed by atoms with van der Waals surface area (Å²) < 4.78 is 4.96. The summed E-state index contributed by atoms with van der Waals surface area (Å²) in [4.78, 5) is 12.0. The third-order valence-electron chi connectivity index (χ3n) is 4.73. The lowest BCUT2D eigenvalue weighted by molar-refractivity contribution is -0.138. The van der Waals surface area contributed by atoms with Gasteiger partial charge < -0.3 is 4.74 Å². The normalized spacial score (nSPS) is 11.8. The molecule has 0 saturated carbocycles. The lowest BCUT2D eigenvalue weighted by Gasteiger charge is -2.45. The molecule has 0 bridgehead atoms. The first-order valence-corrected chi connectivity index (χ1v) is 11.8. The number of benzene rings is 2. The van der Waals surface area contributed by atoms with Crippen LogP contribution in [-0.2, 0) is 14.6 Å². The number of rotatable bonds is 7. The molecule has 0 saturated heterocycles. The fourth-order valence-electron chi connectivity index (χ4n) is 3.58. The van der Waals surface area contributed by atoms with Crippen LogP contribution >= 0.6 is 0 Å². The Morgan fingerprint density at radius 3 is 1.83 bits per heavy atom. The van der Waals surface area contributed by atoms with Gasteiger partial charge in [-0.2, -0.15) is 0 Å². The van der Waals surface area contributed by atoms with E-state index < -0.39 is 8.07 Å². The molecule has 0 aliphatic carbocycles.